The fourth-order valence-electron chi connectivity index (χ4n) is 3.29. The van der Waals surface area contributed by atoms with E-state index in [9.17, 15) is 8.42 Å². The van der Waals surface area contributed by atoms with Crippen LogP contribution in [0.1, 0.15) is 5.69 Å². The van der Waals surface area contributed by atoms with E-state index in [1.165, 1.54) is 11.8 Å². The number of sulfonamides is 1. The minimum Gasteiger partial charge on any atom is -0.304 e. The molecule has 29 heavy (non-hydrogen) atoms. The zero-order valence-electron chi connectivity index (χ0n) is 16.4. The summed E-state index contributed by atoms with van der Waals surface area (Å²) in [5, 5.41) is 5.26. The number of benzene rings is 1. The lowest BCUT2D eigenvalue weighted by Crippen LogP contribution is -2.44. The smallest absolute Gasteiger partial charge is 0.263 e. The zero-order chi connectivity index (χ0) is 20.4. The van der Waals surface area contributed by atoms with Crippen molar-refractivity contribution in [3.05, 3.63) is 48.2 Å². The number of anilines is 1. The van der Waals surface area contributed by atoms with Gasteiger partial charge in [-0.05, 0) is 25.4 Å². The standard InChI is InChI=1S/C19H24N6O2S2/c1-23-8-10-24(11-9-23)14-15-12-18(25-17(20-15)13-19(21-25)28-2)22-29(26,27)16-6-4-3-5-7-16/h3-7,12-13,22H,8-11,14H2,1-2H3. The van der Waals surface area contributed by atoms with Crippen LogP contribution in [0.2, 0.25) is 0 Å². The molecular formula is C19H24N6O2S2. The Morgan fingerprint density at radius 2 is 1.83 bits per heavy atom. The Balaban J connectivity index is 1.68. The minimum atomic E-state index is -3.73. The van der Waals surface area contributed by atoms with E-state index in [1.807, 2.05) is 12.3 Å². The maximum atomic E-state index is 12.9. The fourth-order valence-corrected chi connectivity index (χ4v) is 4.73. The van der Waals surface area contributed by atoms with E-state index in [-0.39, 0.29) is 4.90 Å². The number of piperazine rings is 1. The molecule has 8 nitrogen and oxygen atoms in total. The van der Waals surface area contributed by atoms with E-state index in [2.05, 4.69) is 26.7 Å². The number of nitrogens with zero attached hydrogens (tertiary/aromatic N) is 5. The van der Waals surface area contributed by atoms with Crippen molar-refractivity contribution in [2.75, 3.05) is 44.2 Å². The molecule has 10 heteroatoms. The topological polar surface area (TPSA) is 82.8 Å². The summed E-state index contributed by atoms with van der Waals surface area (Å²) in [7, 11) is -1.61. The van der Waals surface area contributed by atoms with Gasteiger partial charge in [0.1, 0.15) is 10.8 Å². The highest BCUT2D eigenvalue weighted by molar-refractivity contribution is 7.98. The Bertz CT molecular complexity index is 1090. The van der Waals surface area contributed by atoms with Gasteiger partial charge in [-0.2, -0.15) is 9.61 Å². The van der Waals surface area contributed by atoms with E-state index >= 15 is 0 Å². The molecule has 0 bridgehead atoms. The number of hydrogen-bond acceptors (Lipinski definition) is 7. The number of hydrogen-bond donors (Lipinski definition) is 1. The van der Waals surface area contributed by atoms with Gasteiger partial charge in [0, 0.05) is 44.9 Å². The highest BCUT2D eigenvalue weighted by Crippen LogP contribution is 2.22. The number of nitrogens with one attached hydrogen (secondary N) is 1. The first-order chi connectivity index (χ1) is 13.9. The fraction of sp³-hybridized carbons (Fsp3) is 0.368. The average Bonchev–Trinajstić information content (AvgIpc) is 3.14. The molecule has 1 N–H and O–H groups in total. The molecule has 154 valence electrons. The number of likely N-dealkylation sites (N-methyl/N-ethyl adjacent to an activating group) is 1. The van der Waals surface area contributed by atoms with E-state index in [1.54, 1.807) is 40.9 Å². The Kier molecular flexibility index (Phi) is 5.77. The van der Waals surface area contributed by atoms with Crippen molar-refractivity contribution in [1.29, 1.82) is 0 Å². The van der Waals surface area contributed by atoms with Crippen molar-refractivity contribution < 1.29 is 8.42 Å². The van der Waals surface area contributed by atoms with Gasteiger partial charge in [0.2, 0.25) is 0 Å². The second-order valence-corrected chi connectivity index (χ2v) is 9.60. The van der Waals surface area contributed by atoms with Gasteiger partial charge in [-0.3, -0.25) is 9.62 Å². The van der Waals surface area contributed by atoms with Crippen LogP contribution in [0.15, 0.2) is 52.4 Å². The SMILES string of the molecule is CSc1cc2nc(CN3CCN(C)CC3)cc(NS(=O)(=O)c3ccccc3)n2n1. The second kappa shape index (κ2) is 8.31. The van der Waals surface area contributed by atoms with Gasteiger partial charge < -0.3 is 4.90 Å². The van der Waals surface area contributed by atoms with E-state index in [0.717, 1.165) is 36.9 Å². The van der Waals surface area contributed by atoms with Gasteiger partial charge in [-0.1, -0.05) is 18.2 Å². The normalized spacial score (nSPS) is 16.3. The maximum Gasteiger partial charge on any atom is 0.263 e. The van der Waals surface area contributed by atoms with Crippen LogP contribution in [0, 0.1) is 0 Å². The van der Waals surface area contributed by atoms with Crippen LogP contribution in [0.3, 0.4) is 0 Å². The molecule has 0 saturated carbocycles. The second-order valence-electron chi connectivity index (χ2n) is 7.09. The molecule has 4 rings (SSSR count). The Morgan fingerprint density at radius 1 is 1.10 bits per heavy atom. The Morgan fingerprint density at radius 3 is 2.52 bits per heavy atom. The van der Waals surface area contributed by atoms with Gasteiger partial charge in [0.25, 0.3) is 10.0 Å². The molecule has 2 aromatic heterocycles. The summed E-state index contributed by atoms with van der Waals surface area (Å²) in [6, 6.07) is 12.0. The molecule has 1 saturated heterocycles. The van der Waals surface area contributed by atoms with E-state index in [0.29, 0.717) is 18.0 Å². The van der Waals surface area contributed by atoms with Crippen LogP contribution in [0.25, 0.3) is 5.65 Å². The zero-order valence-corrected chi connectivity index (χ0v) is 18.1. The summed E-state index contributed by atoms with van der Waals surface area (Å²) >= 11 is 1.49. The first kappa shape index (κ1) is 20.1. The molecule has 0 radical (unpaired) electrons. The third kappa shape index (κ3) is 4.55. The predicted molar refractivity (Wildman–Crippen MR) is 115 cm³/mol. The lowest BCUT2D eigenvalue weighted by Gasteiger charge is -2.32. The predicted octanol–water partition coefficient (Wildman–Crippen LogP) is 2.00. The number of fused-ring (bicyclic) bond motifs is 1. The molecule has 3 aromatic rings. The third-order valence-electron chi connectivity index (χ3n) is 4.94. The lowest BCUT2D eigenvalue weighted by atomic mass is 10.3. The molecule has 0 aliphatic carbocycles. The first-order valence-corrected chi connectivity index (χ1v) is 12.1. The van der Waals surface area contributed by atoms with Crippen LogP contribution in [-0.4, -0.2) is 72.3 Å². The van der Waals surface area contributed by atoms with E-state index < -0.39 is 10.0 Å². The first-order valence-electron chi connectivity index (χ1n) is 9.37. The summed E-state index contributed by atoms with van der Waals surface area (Å²) in [5.41, 5.74) is 1.45. The van der Waals surface area contributed by atoms with Gasteiger partial charge >= 0.3 is 0 Å². The van der Waals surface area contributed by atoms with Crippen LogP contribution in [0.4, 0.5) is 5.82 Å². The Labute approximate surface area is 175 Å². The van der Waals surface area contributed by atoms with Crippen molar-refractivity contribution >= 4 is 33.3 Å². The molecule has 3 heterocycles. The van der Waals surface area contributed by atoms with Crippen LogP contribution < -0.4 is 4.72 Å². The molecule has 1 aliphatic rings. The van der Waals surface area contributed by atoms with Crippen LogP contribution in [0.5, 0.6) is 0 Å². The highest BCUT2D eigenvalue weighted by Gasteiger charge is 2.20. The monoisotopic (exact) mass is 432 g/mol. The third-order valence-corrected chi connectivity index (χ3v) is 6.93. The molecule has 0 unspecified atom stereocenters. The summed E-state index contributed by atoms with van der Waals surface area (Å²) in [6.07, 6.45) is 1.93. The molecular weight excluding hydrogens is 408 g/mol. The summed E-state index contributed by atoms with van der Waals surface area (Å²) in [5.74, 6) is 0.392. The number of thioether (sulfide) groups is 1. The summed E-state index contributed by atoms with van der Waals surface area (Å²) in [6.45, 7) is 4.62. The van der Waals surface area contributed by atoms with Gasteiger partial charge in [-0.25, -0.2) is 13.4 Å². The van der Waals surface area contributed by atoms with Crippen molar-refractivity contribution in [2.24, 2.45) is 0 Å². The van der Waals surface area contributed by atoms with Crippen LogP contribution in [-0.2, 0) is 16.6 Å². The average molecular weight is 433 g/mol. The lowest BCUT2D eigenvalue weighted by molar-refractivity contribution is 0.147. The molecule has 1 fully saturated rings. The number of aromatic nitrogens is 3. The molecule has 1 aromatic carbocycles. The molecule has 0 spiro atoms. The molecule has 0 amide bonds. The van der Waals surface area contributed by atoms with Crippen molar-refractivity contribution in [3.8, 4) is 0 Å². The highest BCUT2D eigenvalue weighted by atomic mass is 32.2. The minimum absolute atomic E-state index is 0.211. The Hall–Kier alpha value is -2.14. The summed E-state index contributed by atoms with van der Waals surface area (Å²) in [4.78, 5) is 9.56. The molecule has 0 atom stereocenters. The molecule has 1 aliphatic heterocycles. The number of rotatable bonds is 6. The van der Waals surface area contributed by atoms with Crippen LogP contribution >= 0.6 is 11.8 Å². The van der Waals surface area contributed by atoms with Crippen molar-refractivity contribution in [1.82, 2.24) is 24.4 Å². The van der Waals surface area contributed by atoms with Crippen molar-refractivity contribution in [2.45, 2.75) is 16.5 Å². The summed E-state index contributed by atoms with van der Waals surface area (Å²) < 4.78 is 30.0. The van der Waals surface area contributed by atoms with E-state index in [4.69, 9.17) is 4.98 Å². The van der Waals surface area contributed by atoms with Gasteiger partial charge in [-0.15, -0.1) is 11.8 Å². The largest absolute Gasteiger partial charge is 0.304 e. The van der Waals surface area contributed by atoms with Gasteiger partial charge in [0.15, 0.2) is 5.65 Å². The van der Waals surface area contributed by atoms with Crippen molar-refractivity contribution in [3.63, 3.8) is 0 Å². The quantitative estimate of drug-likeness (QED) is 0.597. The van der Waals surface area contributed by atoms with Gasteiger partial charge in [0.05, 0.1) is 10.6 Å². The maximum absolute atomic E-state index is 12.9.